The summed E-state index contributed by atoms with van der Waals surface area (Å²) in [5, 5.41) is 2.89. The molecule has 0 N–H and O–H groups in total. The molecule has 0 aromatic heterocycles. The van der Waals surface area contributed by atoms with Crippen LogP contribution in [0, 0.1) is 0 Å². The van der Waals surface area contributed by atoms with Crippen LogP contribution in [0.4, 0.5) is 0 Å². The van der Waals surface area contributed by atoms with Crippen molar-refractivity contribution in [1.29, 1.82) is 0 Å². The first-order chi connectivity index (χ1) is 12.6. The molecule has 2 aromatic carbocycles. The first kappa shape index (κ1) is 20.6. The highest BCUT2D eigenvalue weighted by atomic mass is 28.3. The Labute approximate surface area is 160 Å². The SMILES string of the molecule is CCCCCCCC[Si](C)(c1cccc(OC)c1)c1cccc(OC)c1. The summed E-state index contributed by atoms with van der Waals surface area (Å²) in [5.41, 5.74) is 0. The molecular weight excluding hydrogens is 336 g/mol. The maximum absolute atomic E-state index is 5.50. The van der Waals surface area contributed by atoms with Gasteiger partial charge in [-0.05, 0) is 30.3 Å². The van der Waals surface area contributed by atoms with E-state index in [9.17, 15) is 0 Å². The van der Waals surface area contributed by atoms with Crippen molar-refractivity contribution in [1.82, 2.24) is 0 Å². The van der Waals surface area contributed by atoms with Gasteiger partial charge in [0.15, 0.2) is 0 Å². The largest absolute Gasteiger partial charge is 0.497 e. The Kier molecular flexibility index (Phi) is 8.24. The topological polar surface area (TPSA) is 18.5 Å². The molecule has 2 aromatic rings. The Morgan fingerprint density at radius 3 is 1.73 bits per heavy atom. The van der Waals surface area contributed by atoms with Gasteiger partial charge in [0, 0.05) is 0 Å². The average Bonchev–Trinajstić information content (AvgIpc) is 2.70. The van der Waals surface area contributed by atoms with E-state index in [1.54, 1.807) is 14.2 Å². The molecular formula is C23H34O2Si. The van der Waals surface area contributed by atoms with Crippen molar-refractivity contribution in [2.75, 3.05) is 14.2 Å². The number of unbranched alkanes of at least 4 members (excludes halogenated alkanes) is 5. The van der Waals surface area contributed by atoms with Crippen LogP contribution in [0.5, 0.6) is 11.5 Å². The summed E-state index contributed by atoms with van der Waals surface area (Å²) in [5.74, 6) is 1.90. The Bertz CT molecular complexity index is 621. The van der Waals surface area contributed by atoms with Crippen LogP contribution in [0.1, 0.15) is 45.4 Å². The molecule has 26 heavy (non-hydrogen) atoms. The Morgan fingerprint density at radius 2 is 1.23 bits per heavy atom. The summed E-state index contributed by atoms with van der Waals surface area (Å²) in [7, 11) is 1.67. The molecule has 0 aliphatic carbocycles. The molecule has 2 nitrogen and oxygen atoms in total. The van der Waals surface area contributed by atoms with Gasteiger partial charge in [0.25, 0.3) is 0 Å². The van der Waals surface area contributed by atoms with Gasteiger partial charge in [-0.3, -0.25) is 0 Å². The van der Waals surface area contributed by atoms with Gasteiger partial charge in [-0.15, -0.1) is 0 Å². The predicted molar refractivity (Wildman–Crippen MR) is 115 cm³/mol. The lowest BCUT2D eigenvalue weighted by Crippen LogP contribution is -2.55. The van der Waals surface area contributed by atoms with Crippen LogP contribution >= 0.6 is 0 Å². The summed E-state index contributed by atoms with van der Waals surface area (Å²) in [6, 6.07) is 18.6. The predicted octanol–water partition coefficient (Wildman–Crippen LogP) is 5.26. The van der Waals surface area contributed by atoms with E-state index in [1.807, 2.05) is 12.1 Å². The monoisotopic (exact) mass is 370 g/mol. The maximum Gasteiger partial charge on any atom is 0.118 e. The molecule has 0 bridgehead atoms. The Hall–Kier alpha value is -1.74. The van der Waals surface area contributed by atoms with E-state index < -0.39 is 8.07 Å². The highest BCUT2D eigenvalue weighted by molar-refractivity contribution is 7.01. The van der Waals surface area contributed by atoms with Crippen LogP contribution in [0.2, 0.25) is 12.6 Å². The van der Waals surface area contributed by atoms with Crippen molar-refractivity contribution < 1.29 is 9.47 Å². The van der Waals surface area contributed by atoms with Gasteiger partial charge in [0.05, 0.1) is 14.2 Å². The van der Waals surface area contributed by atoms with Crippen molar-refractivity contribution in [2.24, 2.45) is 0 Å². The summed E-state index contributed by atoms with van der Waals surface area (Å²) < 4.78 is 11.0. The molecule has 0 saturated heterocycles. The second-order valence-electron chi connectivity index (χ2n) is 7.31. The third-order valence-electron chi connectivity index (χ3n) is 5.44. The number of rotatable bonds is 11. The molecule has 3 heteroatoms. The second kappa shape index (κ2) is 10.4. The first-order valence-electron chi connectivity index (χ1n) is 9.93. The minimum Gasteiger partial charge on any atom is -0.497 e. The summed E-state index contributed by atoms with van der Waals surface area (Å²) in [6.45, 7) is 4.76. The highest BCUT2D eigenvalue weighted by Gasteiger charge is 2.32. The van der Waals surface area contributed by atoms with Gasteiger partial charge >= 0.3 is 0 Å². The fraction of sp³-hybridized carbons (Fsp3) is 0.478. The fourth-order valence-electron chi connectivity index (χ4n) is 3.65. The van der Waals surface area contributed by atoms with Crippen LogP contribution in [0.25, 0.3) is 0 Å². The quantitative estimate of drug-likeness (QED) is 0.397. The van der Waals surface area contributed by atoms with Crippen molar-refractivity contribution in [3.63, 3.8) is 0 Å². The summed E-state index contributed by atoms with van der Waals surface area (Å²) in [4.78, 5) is 0. The van der Waals surface area contributed by atoms with Gasteiger partial charge in [0.2, 0.25) is 0 Å². The summed E-state index contributed by atoms with van der Waals surface area (Å²) in [6.07, 6.45) is 8.01. The van der Waals surface area contributed by atoms with Crippen molar-refractivity contribution in [3.8, 4) is 11.5 Å². The van der Waals surface area contributed by atoms with Gasteiger partial charge in [-0.2, -0.15) is 0 Å². The van der Waals surface area contributed by atoms with Crippen molar-refractivity contribution >= 4 is 18.4 Å². The molecule has 0 aliphatic heterocycles. The van der Waals surface area contributed by atoms with E-state index >= 15 is 0 Å². The molecule has 2 rings (SSSR count). The molecule has 0 atom stereocenters. The molecule has 142 valence electrons. The zero-order chi connectivity index (χ0) is 18.8. The van der Waals surface area contributed by atoms with E-state index in [-0.39, 0.29) is 0 Å². The van der Waals surface area contributed by atoms with Crippen LogP contribution in [0.15, 0.2) is 48.5 Å². The van der Waals surface area contributed by atoms with Gasteiger partial charge in [0.1, 0.15) is 19.6 Å². The second-order valence-corrected chi connectivity index (χ2v) is 11.6. The fourth-order valence-corrected chi connectivity index (χ4v) is 7.36. The molecule has 0 spiro atoms. The first-order valence-corrected chi connectivity index (χ1v) is 12.6. The van der Waals surface area contributed by atoms with Crippen LogP contribution in [0.3, 0.4) is 0 Å². The number of ether oxygens (including phenoxy) is 2. The van der Waals surface area contributed by atoms with Crippen molar-refractivity contribution in [2.45, 2.75) is 58.0 Å². The lowest BCUT2D eigenvalue weighted by atomic mass is 10.1. The normalized spacial score (nSPS) is 11.4. The molecule has 0 heterocycles. The van der Waals surface area contributed by atoms with Crippen LogP contribution in [-0.2, 0) is 0 Å². The van der Waals surface area contributed by atoms with Gasteiger partial charge in [-0.25, -0.2) is 0 Å². The molecule has 0 aliphatic rings. The highest BCUT2D eigenvalue weighted by Crippen LogP contribution is 2.21. The zero-order valence-electron chi connectivity index (χ0n) is 16.9. The maximum atomic E-state index is 5.50. The van der Waals surface area contributed by atoms with Crippen LogP contribution < -0.4 is 19.8 Å². The standard InChI is InChI=1S/C23H34O2Si/c1-5-6-7-8-9-10-17-26(4,22-15-11-13-20(18-22)24-2)23-16-12-14-21(19-23)25-3/h11-16,18-19H,5-10,17H2,1-4H3. The molecule has 0 saturated carbocycles. The average molecular weight is 371 g/mol. The zero-order valence-corrected chi connectivity index (χ0v) is 17.9. The van der Waals surface area contributed by atoms with Gasteiger partial charge < -0.3 is 9.47 Å². The van der Waals surface area contributed by atoms with E-state index in [2.05, 4.69) is 49.9 Å². The minimum atomic E-state index is -1.83. The lowest BCUT2D eigenvalue weighted by Gasteiger charge is -2.29. The molecule has 0 radical (unpaired) electrons. The van der Waals surface area contributed by atoms with E-state index in [0.717, 1.165) is 11.5 Å². The molecule has 0 amide bonds. The third kappa shape index (κ3) is 5.37. The molecule has 0 unspecified atom stereocenters. The van der Waals surface area contributed by atoms with Crippen molar-refractivity contribution in [3.05, 3.63) is 48.5 Å². The Morgan fingerprint density at radius 1 is 0.731 bits per heavy atom. The summed E-state index contributed by atoms with van der Waals surface area (Å²) >= 11 is 0. The van der Waals surface area contributed by atoms with E-state index in [4.69, 9.17) is 9.47 Å². The van der Waals surface area contributed by atoms with Gasteiger partial charge in [-0.1, -0.05) is 86.6 Å². The van der Waals surface area contributed by atoms with E-state index in [0.29, 0.717) is 0 Å². The number of hydrogen-bond acceptors (Lipinski definition) is 2. The Balaban J connectivity index is 2.24. The smallest absolute Gasteiger partial charge is 0.118 e. The third-order valence-corrected chi connectivity index (χ3v) is 9.97. The number of methoxy groups -OCH3 is 2. The minimum absolute atomic E-state index is 0.951. The number of benzene rings is 2. The lowest BCUT2D eigenvalue weighted by molar-refractivity contribution is 0.415. The molecule has 0 fully saturated rings. The number of hydrogen-bond donors (Lipinski definition) is 0. The van der Waals surface area contributed by atoms with Crippen LogP contribution in [-0.4, -0.2) is 22.3 Å². The van der Waals surface area contributed by atoms with E-state index in [1.165, 1.54) is 54.9 Å².